The number of nitrogens with two attached hydrogens (primary N) is 1. The molecular weight excluding hydrogens is 267 g/mol. The van der Waals surface area contributed by atoms with E-state index in [2.05, 4.69) is 15.0 Å². The molecule has 16 heavy (non-hydrogen) atoms. The number of halogens is 2. The highest BCUT2D eigenvalue weighted by molar-refractivity contribution is 7.99. The van der Waals surface area contributed by atoms with Crippen LogP contribution in [0.4, 0.5) is 5.95 Å². The minimum Gasteiger partial charge on any atom is -0.368 e. The molecule has 0 aliphatic rings. The van der Waals surface area contributed by atoms with Crippen LogP contribution >= 0.6 is 35.0 Å². The van der Waals surface area contributed by atoms with E-state index >= 15 is 0 Å². The first-order chi connectivity index (χ1) is 7.65. The molecule has 2 rings (SSSR count). The molecule has 7 heteroatoms. The maximum absolute atomic E-state index is 5.96. The molecule has 0 spiro atoms. The van der Waals surface area contributed by atoms with E-state index in [1.165, 1.54) is 11.8 Å². The van der Waals surface area contributed by atoms with Crippen LogP contribution in [-0.4, -0.2) is 15.0 Å². The Morgan fingerprint density at radius 1 is 1.25 bits per heavy atom. The van der Waals surface area contributed by atoms with Crippen LogP contribution in [0.2, 0.25) is 10.2 Å². The second-order valence-electron chi connectivity index (χ2n) is 2.78. The Bertz CT molecular complexity index is 500. The van der Waals surface area contributed by atoms with Crippen LogP contribution in [0.3, 0.4) is 0 Å². The molecule has 0 amide bonds. The summed E-state index contributed by atoms with van der Waals surface area (Å²) in [6, 6.07) is 5.12. The lowest BCUT2D eigenvalue weighted by Crippen LogP contribution is -1.95. The summed E-state index contributed by atoms with van der Waals surface area (Å²) < 4.78 is 0. The van der Waals surface area contributed by atoms with E-state index in [1.807, 2.05) is 0 Å². The topological polar surface area (TPSA) is 64.7 Å². The minimum absolute atomic E-state index is 0.127. The molecule has 0 aromatic carbocycles. The fraction of sp³-hybridized carbons (Fsp3) is 0. The van der Waals surface area contributed by atoms with Crippen LogP contribution in [0, 0.1) is 0 Å². The molecule has 0 bridgehead atoms. The Labute approximate surface area is 106 Å². The number of hydrogen-bond acceptors (Lipinski definition) is 5. The summed E-state index contributed by atoms with van der Waals surface area (Å²) in [6.45, 7) is 0. The molecule has 0 aliphatic carbocycles. The molecule has 0 aliphatic heterocycles. The predicted molar refractivity (Wildman–Crippen MR) is 64.8 cm³/mol. The summed E-state index contributed by atoms with van der Waals surface area (Å²) >= 11 is 13.0. The molecule has 0 saturated heterocycles. The van der Waals surface area contributed by atoms with E-state index in [0.717, 1.165) is 0 Å². The number of aromatic nitrogens is 3. The van der Waals surface area contributed by atoms with E-state index in [-0.39, 0.29) is 5.95 Å². The number of nitrogens with zero attached hydrogens (tertiary/aromatic N) is 3. The third kappa shape index (κ3) is 2.75. The normalized spacial score (nSPS) is 10.4. The van der Waals surface area contributed by atoms with E-state index in [4.69, 9.17) is 28.9 Å². The highest BCUT2D eigenvalue weighted by Gasteiger charge is 2.06. The summed E-state index contributed by atoms with van der Waals surface area (Å²) in [6.07, 6.45) is 1.65. The average Bonchev–Trinajstić information content (AvgIpc) is 2.20. The number of hydrogen-bond donors (Lipinski definition) is 1. The van der Waals surface area contributed by atoms with Crippen LogP contribution < -0.4 is 5.73 Å². The number of pyridine rings is 1. The highest BCUT2D eigenvalue weighted by Crippen LogP contribution is 2.30. The van der Waals surface area contributed by atoms with Crippen molar-refractivity contribution in [1.29, 1.82) is 0 Å². The first-order valence-electron chi connectivity index (χ1n) is 4.23. The predicted octanol–water partition coefficient (Wildman–Crippen LogP) is 2.91. The van der Waals surface area contributed by atoms with Crippen molar-refractivity contribution in [1.82, 2.24) is 15.0 Å². The van der Waals surface area contributed by atoms with Gasteiger partial charge in [0, 0.05) is 12.3 Å². The van der Waals surface area contributed by atoms with Crippen LogP contribution in [0.1, 0.15) is 0 Å². The Morgan fingerprint density at radius 2 is 2.06 bits per heavy atom. The molecule has 4 nitrogen and oxygen atoms in total. The van der Waals surface area contributed by atoms with Gasteiger partial charge in [0.05, 0.1) is 5.02 Å². The van der Waals surface area contributed by atoms with Crippen molar-refractivity contribution >= 4 is 40.9 Å². The van der Waals surface area contributed by atoms with Gasteiger partial charge >= 0.3 is 0 Å². The van der Waals surface area contributed by atoms with E-state index in [1.54, 1.807) is 24.4 Å². The zero-order valence-corrected chi connectivity index (χ0v) is 10.2. The molecule has 2 aromatic rings. The molecule has 82 valence electrons. The maximum atomic E-state index is 5.96. The largest absolute Gasteiger partial charge is 0.368 e. The van der Waals surface area contributed by atoms with Gasteiger partial charge < -0.3 is 5.73 Å². The second kappa shape index (κ2) is 4.86. The van der Waals surface area contributed by atoms with Crippen LogP contribution in [0.25, 0.3) is 0 Å². The molecular formula is C9H6Cl2N4S. The fourth-order valence-corrected chi connectivity index (χ4v) is 2.29. The second-order valence-corrected chi connectivity index (χ2v) is 4.58. The van der Waals surface area contributed by atoms with Gasteiger partial charge in [0.1, 0.15) is 15.2 Å². The SMILES string of the molecule is Nc1nc(Cl)cc(Sc2ncccc2Cl)n1. The minimum atomic E-state index is 0.127. The van der Waals surface area contributed by atoms with Crippen molar-refractivity contribution in [3.8, 4) is 0 Å². The monoisotopic (exact) mass is 272 g/mol. The first kappa shape index (κ1) is 11.4. The van der Waals surface area contributed by atoms with Crippen LogP contribution in [-0.2, 0) is 0 Å². The van der Waals surface area contributed by atoms with Gasteiger partial charge in [-0.15, -0.1) is 0 Å². The van der Waals surface area contributed by atoms with Crippen LogP contribution in [0.15, 0.2) is 34.4 Å². The summed E-state index contributed by atoms with van der Waals surface area (Å²) in [7, 11) is 0. The molecule has 0 radical (unpaired) electrons. The fourth-order valence-electron chi connectivity index (χ4n) is 1.01. The zero-order valence-electron chi connectivity index (χ0n) is 7.89. The van der Waals surface area contributed by atoms with Gasteiger partial charge in [-0.1, -0.05) is 23.2 Å². The van der Waals surface area contributed by atoms with Gasteiger partial charge in [-0.2, -0.15) is 0 Å². The molecule has 2 aromatic heterocycles. The average molecular weight is 273 g/mol. The van der Waals surface area contributed by atoms with Gasteiger partial charge in [0.15, 0.2) is 0 Å². The molecule has 0 unspecified atom stereocenters. The van der Waals surface area contributed by atoms with Gasteiger partial charge in [-0.05, 0) is 23.9 Å². The smallest absolute Gasteiger partial charge is 0.222 e. The van der Waals surface area contributed by atoms with Gasteiger partial charge in [-0.3, -0.25) is 0 Å². The highest BCUT2D eigenvalue weighted by atomic mass is 35.5. The summed E-state index contributed by atoms with van der Waals surface area (Å²) in [4.78, 5) is 11.9. The van der Waals surface area contributed by atoms with E-state index in [9.17, 15) is 0 Å². The lowest BCUT2D eigenvalue weighted by molar-refractivity contribution is 1.05. The van der Waals surface area contributed by atoms with Crippen molar-refractivity contribution in [3.63, 3.8) is 0 Å². The van der Waals surface area contributed by atoms with E-state index in [0.29, 0.717) is 20.2 Å². The van der Waals surface area contributed by atoms with Gasteiger partial charge in [0.25, 0.3) is 0 Å². The summed E-state index contributed by atoms with van der Waals surface area (Å²) in [5.74, 6) is 0.127. The van der Waals surface area contributed by atoms with Crippen molar-refractivity contribution in [3.05, 3.63) is 34.6 Å². The third-order valence-electron chi connectivity index (χ3n) is 1.61. The third-order valence-corrected chi connectivity index (χ3v) is 3.16. The standard InChI is InChI=1S/C9H6Cl2N4S/c10-5-2-1-3-13-8(5)16-7-4-6(11)14-9(12)15-7/h1-4H,(H2,12,14,15). The Hall–Kier alpha value is -1.04. The number of rotatable bonds is 2. The first-order valence-corrected chi connectivity index (χ1v) is 5.81. The maximum Gasteiger partial charge on any atom is 0.222 e. The van der Waals surface area contributed by atoms with Crippen molar-refractivity contribution in [2.24, 2.45) is 0 Å². The zero-order chi connectivity index (χ0) is 11.5. The number of nitrogen functional groups attached to an aromatic ring is 1. The number of anilines is 1. The molecule has 0 fully saturated rings. The Kier molecular flexibility index (Phi) is 3.48. The summed E-state index contributed by atoms with van der Waals surface area (Å²) in [5, 5.41) is 2.11. The van der Waals surface area contributed by atoms with Crippen molar-refractivity contribution in [2.75, 3.05) is 5.73 Å². The van der Waals surface area contributed by atoms with Crippen LogP contribution in [0.5, 0.6) is 0 Å². The Balaban J connectivity index is 2.30. The lowest BCUT2D eigenvalue weighted by atomic mass is 10.5. The molecule has 0 atom stereocenters. The Morgan fingerprint density at radius 3 is 2.75 bits per heavy atom. The molecule has 2 heterocycles. The molecule has 2 N–H and O–H groups in total. The molecule has 0 saturated carbocycles. The van der Waals surface area contributed by atoms with Gasteiger partial charge in [-0.25, -0.2) is 15.0 Å². The lowest BCUT2D eigenvalue weighted by Gasteiger charge is -2.02. The van der Waals surface area contributed by atoms with E-state index < -0.39 is 0 Å². The van der Waals surface area contributed by atoms with Crippen molar-refractivity contribution in [2.45, 2.75) is 10.1 Å². The van der Waals surface area contributed by atoms with Crippen molar-refractivity contribution < 1.29 is 0 Å². The summed E-state index contributed by atoms with van der Waals surface area (Å²) in [5.41, 5.74) is 5.48. The quantitative estimate of drug-likeness (QED) is 0.852. The van der Waals surface area contributed by atoms with Gasteiger partial charge in [0.2, 0.25) is 5.95 Å².